The lowest BCUT2D eigenvalue weighted by molar-refractivity contribution is -0.133. The molecule has 3 rings (SSSR count). The van der Waals surface area contributed by atoms with Gasteiger partial charge in [-0.15, -0.1) is 0 Å². The van der Waals surface area contributed by atoms with Crippen molar-refractivity contribution in [2.24, 2.45) is 0 Å². The number of ether oxygens (including phenoxy) is 2. The van der Waals surface area contributed by atoms with Gasteiger partial charge < -0.3 is 14.8 Å². The van der Waals surface area contributed by atoms with Crippen molar-refractivity contribution >= 4 is 39.1 Å². The summed E-state index contributed by atoms with van der Waals surface area (Å²) in [5, 5.41) is 3.28. The second-order valence-electron chi connectivity index (χ2n) is 8.50. The lowest BCUT2D eigenvalue weighted by Gasteiger charge is -2.47. The molecule has 2 fully saturated rings. The minimum absolute atomic E-state index is 0.0139. The highest BCUT2D eigenvalue weighted by Crippen LogP contribution is 2.42. The highest BCUT2D eigenvalue weighted by Gasteiger charge is 2.51. The smallest absolute Gasteiger partial charge is 0.247 e. The maximum atomic E-state index is 13.6. The fraction of sp³-hybridized carbons (Fsp3) is 0.619. The Morgan fingerprint density at radius 1 is 1.16 bits per heavy atom. The van der Waals surface area contributed by atoms with E-state index in [-0.39, 0.29) is 29.0 Å². The van der Waals surface area contributed by atoms with Crippen LogP contribution in [0.4, 0.5) is 5.69 Å². The van der Waals surface area contributed by atoms with E-state index in [1.54, 1.807) is 6.92 Å². The third-order valence-electron chi connectivity index (χ3n) is 6.13. The van der Waals surface area contributed by atoms with Gasteiger partial charge in [-0.1, -0.05) is 30.9 Å². The molecule has 0 bridgehead atoms. The molecule has 0 aromatic heterocycles. The van der Waals surface area contributed by atoms with Crippen LogP contribution in [-0.2, 0) is 19.6 Å². The number of halogens is 1. The summed E-state index contributed by atoms with van der Waals surface area (Å²) in [5.41, 5.74) is -1.24. The molecule has 1 aromatic carbocycles. The first kappa shape index (κ1) is 24.6. The molecule has 0 radical (unpaired) electrons. The molecule has 0 unspecified atom stereocenters. The van der Waals surface area contributed by atoms with E-state index in [0.29, 0.717) is 5.75 Å². The molecule has 1 saturated heterocycles. The van der Waals surface area contributed by atoms with Gasteiger partial charge in [0, 0.05) is 18.7 Å². The third-order valence-corrected chi connectivity index (χ3v) is 7.62. The van der Waals surface area contributed by atoms with Crippen molar-refractivity contribution in [2.75, 3.05) is 38.5 Å². The van der Waals surface area contributed by atoms with Crippen LogP contribution in [0.25, 0.3) is 0 Å². The van der Waals surface area contributed by atoms with Crippen LogP contribution in [0.3, 0.4) is 0 Å². The zero-order valence-electron chi connectivity index (χ0n) is 18.8. The maximum absolute atomic E-state index is 13.6. The highest BCUT2D eigenvalue weighted by molar-refractivity contribution is 7.88. The molecule has 1 aliphatic heterocycles. The van der Waals surface area contributed by atoms with Crippen LogP contribution in [0.1, 0.15) is 39.0 Å². The van der Waals surface area contributed by atoms with E-state index < -0.39 is 33.9 Å². The summed E-state index contributed by atoms with van der Waals surface area (Å²) >= 11 is 6.33. The van der Waals surface area contributed by atoms with Crippen LogP contribution in [0.5, 0.6) is 11.5 Å². The molecule has 1 heterocycles. The number of methoxy groups -OCH3 is 2. The van der Waals surface area contributed by atoms with Crippen LogP contribution >= 0.6 is 11.6 Å². The average Bonchev–Trinajstić information content (AvgIpc) is 2.73. The number of rotatable bonds is 6. The Labute approximate surface area is 194 Å². The Kier molecular flexibility index (Phi) is 7.26. The zero-order chi connectivity index (χ0) is 23.7. The Morgan fingerprint density at radius 2 is 1.78 bits per heavy atom. The molecule has 2 aliphatic rings. The monoisotopic (exact) mass is 487 g/mol. The number of carbonyl (C=O) groups excluding carboxylic acids is 2. The first-order valence-corrected chi connectivity index (χ1v) is 12.7. The molecular formula is C21H30ClN3O6S. The molecule has 2 amide bonds. The fourth-order valence-electron chi connectivity index (χ4n) is 4.38. The number of piperazine rings is 1. The molecule has 9 nitrogen and oxygen atoms in total. The van der Waals surface area contributed by atoms with Gasteiger partial charge in [-0.05, 0) is 25.8 Å². The second kappa shape index (κ2) is 9.44. The lowest BCUT2D eigenvalue weighted by atomic mass is 9.91. The first-order chi connectivity index (χ1) is 15.0. The quantitative estimate of drug-likeness (QED) is 0.659. The Hall–Kier alpha value is -2.04. The Morgan fingerprint density at radius 3 is 2.34 bits per heavy atom. The van der Waals surface area contributed by atoms with Gasteiger partial charge in [-0.3, -0.25) is 14.5 Å². The maximum Gasteiger partial charge on any atom is 0.247 e. The summed E-state index contributed by atoms with van der Waals surface area (Å²) in [7, 11) is -0.818. The molecule has 1 atom stereocenters. The number of benzene rings is 1. The van der Waals surface area contributed by atoms with E-state index in [2.05, 4.69) is 5.32 Å². The van der Waals surface area contributed by atoms with Gasteiger partial charge in [-0.2, -0.15) is 4.31 Å². The standard InChI is InChI=1S/C21H30ClN3O6S/c1-21(20(27)23-14-8-6-5-7-9-14)13-24(32(4,28)29)12-19(26)25(21)16-10-15(22)17(30-2)11-18(16)31-3/h10-11,14H,5-9,12-13H2,1-4H3,(H,23,27)/t21-/m1/s1. The van der Waals surface area contributed by atoms with Crippen LogP contribution in [0, 0.1) is 0 Å². The zero-order valence-corrected chi connectivity index (χ0v) is 20.4. The average molecular weight is 488 g/mol. The topological polar surface area (TPSA) is 105 Å². The molecular weight excluding hydrogens is 458 g/mol. The van der Waals surface area contributed by atoms with Crippen molar-refractivity contribution in [3.63, 3.8) is 0 Å². The van der Waals surface area contributed by atoms with Gasteiger partial charge in [0.1, 0.15) is 17.0 Å². The predicted octanol–water partition coefficient (Wildman–Crippen LogP) is 2.17. The number of nitrogens with one attached hydrogen (secondary N) is 1. The van der Waals surface area contributed by atoms with Crippen molar-refractivity contribution in [1.29, 1.82) is 0 Å². The third kappa shape index (κ3) is 4.82. The van der Waals surface area contributed by atoms with Gasteiger partial charge in [0.2, 0.25) is 21.8 Å². The fourth-order valence-corrected chi connectivity index (χ4v) is 5.45. The van der Waals surface area contributed by atoms with Crippen molar-refractivity contribution < 1.29 is 27.5 Å². The van der Waals surface area contributed by atoms with Crippen LogP contribution < -0.4 is 19.7 Å². The summed E-state index contributed by atoms with van der Waals surface area (Å²) in [4.78, 5) is 28.2. The predicted molar refractivity (Wildman–Crippen MR) is 122 cm³/mol. The Bertz CT molecular complexity index is 995. The van der Waals surface area contributed by atoms with Crippen molar-refractivity contribution in [3.8, 4) is 11.5 Å². The minimum Gasteiger partial charge on any atom is -0.495 e. The summed E-state index contributed by atoms with van der Waals surface area (Å²) < 4.78 is 36.3. The lowest BCUT2D eigenvalue weighted by Crippen LogP contribution is -2.70. The van der Waals surface area contributed by atoms with Gasteiger partial charge in [-0.25, -0.2) is 8.42 Å². The number of nitrogens with zero attached hydrogens (tertiary/aromatic N) is 2. The molecule has 1 saturated carbocycles. The number of hydrogen-bond acceptors (Lipinski definition) is 6. The summed E-state index contributed by atoms with van der Waals surface area (Å²) in [6.07, 6.45) is 5.88. The van der Waals surface area contributed by atoms with Crippen molar-refractivity contribution in [2.45, 2.75) is 50.6 Å². The van der Waals surface area contributed by atoms with Gasteiger partial charge in [0.05, 0.1) is 37.7 Å². The molecule has 0 spiro atoms. The first-order valence-electron chi connectivity index (χ1n) is 10.5. The summed E-state index contributed by atoms with van der Waals surface area (Å²) in [6, 6.07) is 3.02. The molecule has 11 heteroatoms. The van der Waals surface area contributed by atoms with Gasteiger partial charge in [0.15, 0.2) is 0 Å². The SMILES string of the molecule is COc1cc(OC)c(N2C(=O)CN(S(C)(=O)=O)C[C@]2(C)C(=O)NC2CCCCC2)cc1Cl. The van der Waals surface area contributed by atoms with E-state index in [1.165, 1.54) is 31.3 Å². The molecule has 1 aromatic rings. The second-order valence-corrected chi connectivity index (χ2v) is 10.9. The largest absolute Gasteiger partial charge is 0.495 e. The van der Waals surface area contributed by atoms with E-state index in [4.69, 9.17) is 21.1 Å². The number of hydrogen-bond donors (Lipinski definition) is 1. The number of carbonyl (C=O) groups is 2. The van der Waals surface area contributed by atoms with E-state index in [9.17, 15) is 18.0 Å². The normalized spacial score (nSPS) is 23.2. The summed E-state index contributed by atoms with van der Waals surface area (Å²) in [6.45, 7) is 0.985. The summed E-state index contributed by atoms with van der Waals surface area (Å²) in [5.74, 6) is -0.338. The van der Waals surface area contributed by atoms with E-state index >= 15 is 0 Å². The van der Waals surface area contributed by atoms with Gasteiger partial charge in [0.25, 0.3) is 0 Å². The molecule has 1 N–H and O–H groups in total. The van der Waals surface area contributed by atoms with Crippen molar-refractivity contribution in [3.05, 3.63) is 17.2 Å². The highest BCUT2D eigenvalue weighted by atomic mass is 35.5. The molecule has 178 valence electrons. The number of amides is 2. The molecule has 32 heavy (non-hydrogen) atoms. The number of sulfonamides is 1. The van der Waals surface area contributed by atoms with Crippen LogP contribution in [0.2, 0.25) is 5.02 Å². The van der Waals surface area contributed by atoms with Crippen molar-refractivity contribution in [1.82, 2.24) is 9.62 Å². The number of anilines is 1. The minimum atomic E-state index is -3.71. The van der Waals surface area contributed by atoms with E-state index in [1.807, 2.05) is 0 Å². The molecule has 1 aliphatic carbocycles. The van der Waals surface area contributed by atoms with Crippen LogP contribution in [-0.4, -0.2) is 69.7 Å². The van der Waals surface area contributed by atoms with E-state index in [0.717, 1.165) is 42.7 Å². The Balaban J connectivity index is 2.08. The van der Waals surface area contributed by atoms with Crippen LogP contribution in [0.15, 0.2) is 12.1 Å². The van der Waals surface area contributed by atoms with Gasteiger partial charge >= 0.3 is 0 Å².